The van der Waals surface area contributed by atoms with Crippen LogP contribution in [0, 0.1) is 0 Å². The highest BCUT2D eigenvalue weighted by Crippen LogP contribution is 2.49. The van der Waals surface area contributed by atoms with Crippen LogP contribution in [0.2, 0.25) is 0 Å². The maximum absolute atomic E-state index is 15.6. The molecule has 10 rings (SSSR count). The van der Waals surface area contributed by atoms with Gasteiger partial charge in [0, 0.05) is 81.1 Å². The van der Waals surface area contributed by atoms with Crippen molar-refractivity contribution < 1.29 is 38.4 Å². The zero-order valence-corrected chi connectivity index (χ0v) is 48.8. The molecule has 4 aliphatic rings. The van der Waals surface area contributed by atoms with Gasteiger partial charge in [0.15, 0.2) is 0 Å². The Morgan fingerprint density at radius 3 is 0.817 bits per heavy atom. The number of hydrogen-bond donors (Lipinski definition) is 0. The molecule has 82 heavy (non-hydrogen) atoms. The summed E-state index contributed by atoms with van der Waals surface area (Å²) in [5.41, 5.74) is 3.84. The molecular formula is C70H80N4O8. The van der Waals surface area contributed by atoms with Gasteiger partial charge in [-0.2, -0.15) is 0 Å². The number of benzene rings is 6. The standard InChI is InChI=1S/C70H80N4O8/c1-5-9-13-17-21-25-39-71-63(75)49-33-29-31-47-45(35-37-51(57(47)49)65(71)77)53-43-55-60-59-56(68(80)73(69(81)61(53)59)41-27-23-19-15-11-7-3)44-54(62(60)70(82)74(67(55)79)42-28-24-20-16-12-8-4)46-36-38-52-58-48(46)32-30-34-50(58)64(76)72(66(52)78)40-26-22-18-14-10-6-2/h29-38,43-44H,5-28,39-42H2,1-4H3. The highest BCUT2D eigenvalue weighted by atomic mass is 16.2. The number of rotatable bonds is 30. The molecule has 12 heteroatoms. The molecule has 0 aromatic heterocycles. The van der Waals surface area contributed by atoms with Gasteiger partial charge in [0.1, 0.15) is 0 Å². The van der Waals surface area contributed by atoms with Gasteiger partial charge in [-0.25, -0.2) is 0 Å². The Morgan fingerprint density at radius 2 is 0.500 bits per heavy atom. The van der Waals surface area contributed by atoms with Crippen LogP contribution in [0.5, 0.6) is 0 Å². The first-order chi connectivity index (χ1) is 40.0. The monoisotopic (exact) mass is 1100 g/mol. The van der Waals surface area contributed by atoms with E-state index >= 15 is 19.2 Å². The molecule has 0 atom stereocenters. The maximum Gasteiger partial charge on any atom is 0.262 e. The summed E-state index contributed by atoms with van der Waals surface area (Å²) in [6, 6.07) is 21.1. The Morgan fingerprint density at radius 1 is 0.244 bits per heavy atom. The van der Waals surface area contributed by atoms with Crippen molar-refractivity contribution in [2.75, 3.05) is 26.2 Å². The Hall–Kier alpha value is -7.34. The molecule has 0 fully saturated rings. The normalized spacial score (nSPS) is 14.8. The summed E-state index contributed by atoms with van der Waals surface area (Å²) in [6.45, 7) is 9.51. The molecule has 6 aromatic carbocycles. The fourth-order valence-electron chi connectivity index (χ4n) is 13.4. The summed E-state index contributed by atoms with van der Waals surface area (Å²) in [6.07, 6.45) is 23.0. The molecule has 0 aliphatic carbocycles. The van der Waals surface area contributed by atoms with Gasteiger partial charge < -0.3 is 0 Å². The highest BCUT2D eigenvalue weighted by Gasteiger charge is 2.44. The maximum atomic E-state index is 15.6. The Labute approximate surface area is 482 Å². The van der Waals surface area contributed by atoms with Gasteiger partial charge in [-0.15, -0.1) is 0 Å². The molecule has 0 unspecified atom stereocenters. The summed E-state index contributed by atoms with van der Waals surface area (Å²) in [5, 5.41) is 2.43. The average Bonchev–Trinajstić information content (AvgIpc) is 3.17. The van der Waals surface area contributed by atoms with Gasteiger partial charge >= 0.3 is 0 Å². The summed E-state index contributed by atoms with van der Waals surface area (Å²) < 4.78 is 0. The second-order valence-corrected chi connectivity index (χ2v) is 23.3. The van der Waals surface area contributed by atoms with Crippen LogP contribution in [-0.4, -0.2) is 93.0 Å². The molecule has 0 N–H and O–H groups in total. The zero-order valence-electron chi connectivity index (χ0n) is 48.8. The second kappa shape index (κ2) is 25.8. The minimum atomic E-state index is -0.553. The summed E-state index contributed by atoms with van der Waals surface area (Å²) in [5.74, 6) is -3.73. The zero-order chi connectivity index (χ0) is 57.6. The molecule has 0 saturated heterocycles. The van der Waals surface area contributed by atoms with E-state index in [-0.39, 0.29) is 69.7 Å². The van der Waals surface area contributed by atoms with Crippen LogP contribution in [0.4, 0.5) is 0 Å². The third-order valence-corrected chi connectivity index (χ3v) is 17.8. The van der Waals surface area contributed by atoms with Crippen molar-refractivity contribution in [3.63, 3.8) is 0 Å². The number of nitrogens with zero attached hydrogens (tertiary/aromatic N) is 4. The third-order valence-electron chi connectivity index (χ3n) is 17.8. The quantitative estimate of drug-likeness (QED) is 0.0320. The van der Waals surface area contributed by atoms with Crippen molar-refractivity contribution in [3.8, 4) is 22.3 Å². The molecule has 428 valence electrons. The topological polar surface area (TPSA) is 150 Å². The summed E-state index contributed by atoms with van der Waals surface area (Å²) in [7, 11) is 0. The minimum absolute atomic E-state index is 0.134. The number of amides is 8. The first-order valence-corrected chi connectivity index (χ1v) is 31.2. The first-order valence-electron chi connectivity index (χ1n) is 31.2. The van der Waals surface area contributed by atoms with Gasteiger partial charge in [-0.3, -0.25) is 58.0 Å². The summed E-state index contributed by atoms with van der Waals surface area (Å²) >= 11 is 0. The van der Waals surface area contributed by atoms with Crippen molar-refractivity contribution in [2.45, 2.75) is 182 Å². The van der Waals surface area contributed by atoms with Crippen LogP contribution in [0.3, 0.4) is 0 Å². The largest absolute Gasteiger partial charge is 0.274 e. The lowest BCUT2D eigenvalue weighted by Crippen LogP contribution is -2.44. The van der Waals surface area contributed by atoms with Crippen LogP contribution in [0.15, 0.2) is 72.8 Å². The molecule has 12 nitrogen and oxygen atoms in total. The van der Waals surface area contributed by atoms with Gasteiger partial charge in [0.05, 0.1) is 11.1 Å². The van der Waals surface area contributed by atoms with Gasteiger partial charge in [0.25, 0.3) is 47.3 Å². The molecular weight excluding hydrogens is 1020 g/mol. The van der Waals surface area contributed by atoms with E-state index in [4.69, 9.17) is 0 Å². The molecule has 0 bridgehead atoms. The van der Waals surface area contributed by atoms with Crippen LogP contribution in [-0.2, 0) is 0 Å². The lowest BCUT2D eigenvalue weighted by Gasteiger charge is -2.35. The Balaban J connectivity index is 1.16. The van der Waals surface area contributed by atoms with E-state index in [9.17, 15) is 19.2 Å². The molecule has 0 radical (unpaired) electrons. The number of carbonyl (C=O) groups is 8. The molecule has 0 spiro atoms. The van der Waals surface area contributed by atoms with E-state index in [2.05, 4.69) is 27.7 Å². The van der Waals surface area contributed by atoms with Crippen LogP contribution >= 0.6 is 0 Å². The lowest BCUT2D eigenvalue weighted by molar-refractivity contribution is 0.0587. The SMILES string of the molecule is CCCCCCCCN1C(=O)c2cccc3c(-c4cc5c6c(c(-c7ccc8c9c(cccc79)C(=O)N(CCCCCCCC)C8=O)cc7c6c4C(=O)N(CCCCCCCC)C7=O)C(=O)N(CCCCCCCC)C5=O)ccc(c23)C1=O. The number of imide groups is 4. The van der Waals surface area contributed by atoms with Crippen molar-refractivity contribution >= 4 is 79.6 Å². The lowest BCUT2D eigenvalue weighted by atomic mass is 9.77. The number of unbranched alkanes of at least 4 members (excludes halogenated alkanes) is 20. The van der Waals surface area contributed by atoms with Crippen molar-refractivity contribution in [2.24, 2.45) is 0 Å². The number of carbonyl (C=O) groups excluding carboxylic acids is 8. The van der Waals surface area contributed by atoms with E-state index in [1.807, 2.05) is 12.1 Å². The van der Waals surface area contributed by atoms with Crippen LogP contribution in [0.1, 0.15) is 265 Å². The van der Waals surface area contributed by atoms with Crippen molar-refractivity contribution in [1.82, 2.24) is 19.6 Å². The first kappa shape index (κ1) is 57.9. The fourth-order valence-corrected chi connectivity index (χ4v) is 13.4. The molecule has 0 saturated carbocycles. The van der Waals surface area contributed by atoms with Crippen molar-refractivity contribution in [3.05, 3.63) is 117 Å². The van der Waals surface area contributed by atoms with E-state index in [0.29, 0.717) is 105 Å². The van der Waals surface area contributed by atoms with Gasteiger partial charge in [0.2, 0.25) is 0 Å². The van der Waals surface area contributed by atoms with Crippen LogP contribution < -0.4 is 0 Å². The van der Waals surface area contributed by atoms with Gasteiger partial charge in [-0.1, -0.05) is 193 Å². The molecule has 8 amide bonds. The second-order valence-electron chi connectivity index (χ2n) is 23.3. The van der Waals surface area contributed by atoms with Crippen LogP contribution in [0.25, 0.3) is 54.6 Å². The van der Waals surface area contributed by atoms with E-state index in [1.165, 1.54) is 19.6 Å². The minimum Gasteiger partial charge on any atom is -0.274 e. The molecule has 4 aliphatic heterocycles. The van der Waals surface area contributed by atoms with E-state index in [0.717, 1.165) is 128 Å². The van der Waals surface area contributed by atoms with E-state index in [1.54, 1.807) is 60.7 Å². The fraction of sp³-hybridized carbons (Fsp3) is 0.457. The highest BCUT2D eigenvalue weighted by molar-refractivity contribution is 6.38. The average molecular weight is 1110 g/mol. The summed E-state index contributed by atoms with van der Waals surface area (Å²) in [4.78, 5) is 125. The number of hydrogen-bond acceptors (Lipinski definition) is 8. The van der Waals surface area contributed by atoms with Gasteiger partial charge in [-0.05, 0) is 95.1 Å². The smallest absolute Gasteiger partial charge is 0.262 e. The van der Waals surface area contributed by atoms with Crippen molar-refractivity contribution in [1.29, 1.82) is 0 Å². The third kappa shape index (κ3) is 10.7. The molecule has 4 heterocycles. The Kier molecular flexibility index (Phi) is 18.2. The Bertz CT molecular complexity index is 3260. The molecule has 6 aromatic rings. The predicted octanol–water partition coefficient (Wildman–Crippen LogP) is 16.3. The predicted molar refractivity (Wildman–Crippen MR) is 325 cm³/mol. The van der Waals surface area contributed by atoms with E-state index < -0.39 is 23.6 Å².